The predicted molar refractivity (Wildman–Crippen MR) is 140 cm³/mol. The summed E-state index contributed by atoms with van der Waals surface area (Å²) >= 11 is 7.29. The smallest absolute Gasteiger partial charge is 0.341 e. The molecule has 0 amide bonds. The number of pyridine rings is 1. The van der Waals surface area contributed by atoms with Crippen LogP contribution < -0.4 is 10.7 Å². The number of carboxylic acids is 1. The predicted octanol–water partition coefficient (Wildman–Crippen LogP) is 6.06. The largest absolute Gasteiger partial charge is 0.477 e. The van der Waals surface area contributed by atoms with Crippen molar-refractivity contribution < 1.29 is 9.90 Å². The second-order valence-electron chi connectivity index (χ2n) is 7.96. The lowest BCUT2D eigenvalue weighted by Crippen LogP contribution is -2.21. The zero-order valence-electron chi connectivity index (χ0n) is 18.4. The van der Waals surface area contributed by atoms with Crippen molar-refractivity contribution in [3.63, 3.8) is 0 Å². The van der Waals surface area contributed by atoms with E-state index in [0.717, 1.165) is 16.7 Å². The molecule has 5 aromatic rings. The number of fused-ring (bicyclic) bond motifs is 1. The fraction of sp³-hybridized carbons (Fsp3) is 0.0741. The lowest BCUT2D eigenvalue weighted by molar-refractivity contribution is 0.0694. The van der Waals surface area contributed by atoms with Crippen LogP contribution in [-0.4, -0.2) is 20.6 Å². The molecule has 2 N–H and O–H groups in total. The Balaban J connectivity index is 1.67. The summed E-state index contributed by atoms with van der Waals surface area (Å²) in [7, 11) is 0. The highest BCUT2D eigenvalue weighted by molar-refractivity contribution is 7.21. The summed E-state index contributed by atoms with van der Waals surface area (Å²) < 4.78 is 1.84. The van der Waals surface area contributed by atoms with Crippen molar-refractivity contribution in [2.75, 3.05) is 5.32 Å². The van der Waals surface area contributed by atoms with Crippen LogP contribution in [0, 0.1) is 0 Å². The highest BCUT2D eigenvalue weighted by Gasteiger charge is 2.24. The van der Waals surface area contributed by atoms with Crippen molar-refractivity contribution in [2.24, 2.45) is 0 Å². The van der Waals surface area contributed by atoms with Gasteiger partial charge in [0.2, 0.25) is 5.43 Å². The SMILES string of the molecule is O=C(O)c1cn(C(c2ccccc2)c2ccccc2)c2sc(NCc3ccc(Cl)cc3)nc2c1=O. The second kappa shape index (κ2) is 9.74. The van der Waals surface area contributed by atoms with Crippen molar-refractivity contribution in [1.29, 1.82) is 0 Å². The summed E-state index contributed by atoms with van der Waals surface area (Å²) in [6, 6.07) is 26.7. The first-order valence-corrected chi connectivity index (χ1v) is 12.1. The summed E-state index contributed by atoms with van der Waals surface area (Å²) in [5.74, 6) is -1.28. The molecule has 6 nitrogen and oxygen atoms in total. The quantitative estimate of drug-likeness (QED) is 0.283. The van der Waals surface area contributed by atoms with E-state index in [2.05, 4.69) is 10.3 Å². The molecule has 0 saturated carbocycles. The van der Waals surface area contributed by atoms with Gasteiger partial charge in [-0.3, -0.25) is 4.79 Å². The molecule has 3 aromatic carbocycles. The fourth-order valence-electron chi connectivity index (χ4n) is 4.00. The van der Waals surface area contributed by atoms with Gasteiger partial charge in [0.1, 0.15) is 15.9 Å². The van der Waals surface area contributed by atoms with Gasteiger partial charge in [0.05, 0.1) is 6.04 Å². The van der Waals surface area contributed by atoms with Crippen LogP contribution in [0.3, 0.4) is 0 Å². The molecule has 2 heterocycles. The van der Waals surface area contributed by atoms with Crippen LogP contribution in [0.2, 0.25) is 5.02 Å². The van der Waals surface area contributed by atoms with E-state index in [9.17, 15) is 14.7 Å². The molecular weight excluding hydrogens is 482 g/mol. The lowest BCUT2D eigenvalue weighted by Gasteiger charge is -2.23. The van der Waals surface area contributed by atoms with E-state index in [1.165, 1.54) is 17.5 Å². The van der Waals surface area contributed by atoms with Crippen molar-refractivity contribution in [1.82, 2.24) is 9.55 Å². The highest BCUT2D eigenvalue weighted by atomic mass is 35.5. The van der Waals surface area contributed by atoms with E-state index in [0.29, 0.717) is 21.5 Å². The van der Waals surface area contributed by atoms with E-state index >= 15 is 0 Å². The minimum atomic E-state index is -1.28. The third-order valence-corrected chi connectivity index (χ3v) is 6.95. The third kappa shape index (κ3) is 4.69. The molecular formula is C27H20ClN3O3S. The summed E-state index contributed by atoms with van der Waals surface area (Å²) in [6.45, 7) is 0.484. The standard InChI is InChI=1S/C27H20ClN3O3S/c28-20-13-11-17(12-14-20)15-29-27-30-22-24(32)21(26(33)34)16-31(25(22)35-27)23(18-7-3-1-4-8-18)19-9-5-2-6-10-19/h1-14,16,23H,15H2,(H,29,30)(H,33,34). The number of carboxylic acid groups (broad SMARTS) is 1. The normalized spacial score (nSPS) is 11.1. The Labute approximate surface area is 210 Å². The third-order valence-electron chi connectivity index (χ3n) is 5.67. The average molecular weight is 502 g/mol. The van der Waals surface area contributed by atoms with Crippen molar-refractivity contribution in [2.45, 2.75) is 12.6 Å². The molecule has 0 spiro atoms. The number of aromatic carboxylic acids is 1. The molecule has 0 aliphatic carbocycles. The topological polar surface area (TPSA) is 84.2 Å². The molecule has 0 aliphatic heterocycles. The molecule has 174 valence electrons. The van der Waals surface area contributed by atoms with Gasteiger partial charge in [-0.1, -0.05) is 95.7 Å². The van der Waals surface area contributed by atoms with E-state index in [1.54, 1.807) is 0 Å². The molecule has 8 heteroatoms. The minimum absolute atomic E-state index is 0.130. The van der Waals surface area contributed by atoms with Gasteiger partial charge in [-0.15, -0.1) is 0 Å². The average Bonchev–Trinajstić information content (AvgIpc) is 3.31. The summed E-state index contributed by atoms with van der Waals surface area (Å²) in [5, 5.41) is 14.2. The van der Waals surface area contributed by atoms with E-state index in [1.807, 2.05) is 89.5 Å². The Bertz CT molecular complexity index is 1510. The van der Waals surface area contributed by atoms with Crippen LogP contribution in [0.4, 0.5) is 5.13 Å². The number of carbonyl (C=O) groups is 1. The first kappa shape index (κ1) is 22.8. The Hall–Kier alpha value is -3.94. The minimum Gasteiger partial charge on any atom is -0.477 e. The highest BCUT2D eigenvalue weighted by Crippen LogP contribution is 2.33. The van der Waals surface area contributed by atoms with Gasteiger partial charge in [-0.25, -0.2) is 9.78 Å². The molecule has 5 rings (SSSR count). The number of hydrogen-bond acceptors (Lipinski definition) is 5. The number of benzene rings is 3. The molecule has 0 radical (unpaired) electrons. The van der Waals surface area contributed by atoms with E-state index < -0.39 is 11.4 Å². The van der Waals surface area contributed by atoms with Gasteiger partial charge in [0.25, 0.3) is 0 Å². The maximum atomic E-state index is 13.1. The van der Waals surface area contributed by atoms with Crippen molar-refractivity contribution in [3.8, 4) is 0 Å². The molecule has 0 atom stereocenters. The Morgan fingerprint density at radius 3 is 2.14 bits per heavy atom. The monoisotopic (exact) mass is 501 g/mol. The number of hydrogen-bond donors (Lipinski definition) is 2. The number of rotatable bonds is 7. The molecule has 0 bridgehead atoms. The summed E-state index contributed by atoms with van der Waals surface area (Å²) in [5.41, 5.74) is 2.14. The van der Waals surface area contributed by atoms with Crippen LogP contribution in [0.5, 0.6) is 0 Å². The first-order chi connectivity index (χ1) is 17.0. The van der Waals surface area contributed by atoms with Gasteiger partial charge in [-0.05, 0) is 28.8 Å². The number of thiazole rings is 1. The maximum Gasteiger partial charge on any atom is 0.341 e. The van der Waals surface area contributed by atoms with Crippen LogP contribution in [-0.2, 0) is 6.54 Å². The molecule has 2 aromatic heterocycles. The lowest BCUT2D eigenvalue weighted by atomic mass is 9.98. The fourth-order valence-corrected chi connectivity index (χ4v) is 5.09. The van der Waals surface area contributed by atoms with Crippen LogP contribution >= 0.6 is 22.9 Å². The zero-order valence-corrected chi connectivity index (χ0v) is 20.0. The van der Waals surface area contributed by atoms with E-state index in [4.69, 9.17) is 11.6 Å². The van der Waals surface area contributed by atoms with Gasteiger partial charge < -0.3 is 15.0 Å². The van der Waals surface area contributed by atoms with Crippen molar-refractivity contribution >= 4 is 44.4 Å². The van der Waals surface area contributed by atoms with Gasteiger partial charge >= 0.3 is 5.97 Å². The van der Waals surface area contributed by atoms with Crippen LogP contribution in [0.25, 0.3) is 10.3 Å². The van der Waals surface area contributed by atoms with Gasteiger partial charge in [0.15, 0.2) is 5.13 Å². The number of anilines is 1. The van der Waals surface area contributed by atoms with Gasteiger partial charge in [0, 0.05) is 17.8 Å². The Morgan fingerprint density at radius 2 is 1.57 bits per heavy atom. The van der Waals surface area contributed by atoms with Gasteiger partial charge in [-0.2, -0.15) is 0 Å². The Kier molecular flexibility index (Phi) is 6.35. The molecule has 0 aliphatic rings. The number of aromatic nitrogens is 2. The molecule has 35 heavy (non-hydrogen) atoms. The number of nitrogens with zero attached hydrogens (tertiary/aromatic N) is 2. The first-order valence-electron chi connectivity index (χ1n) is 10.9. The van der Waals surface area contributed by atoms with E-state index in [-0.39, 0.29) is 17.1 Å². The summed E-state index contributed by atoms with van der Waals surface area (Å²) in [4.78, 5) is 30.1. The van der Waals surface area contributed by atoms with Crippen LogP contribution in [0.1, 0.15) is 33.1 Å². The molecule has 0 fully saturated rings. The van der Waals surface area contributed by atoms with Crippen LogP contribution in [0.15, 0.2) is 95.9 Å². The Morgan fingerprint density at radius 1 is 0.971 bits per heavy atom. The zero-order chi connectivity index (χ0) is 24.4. The second-order valence-corrected chi connectivity index (χ2v) is 9.37. The number of halogens is 1. The molecule has 0 saturated heterocycles. The van der Waals surface area contributed by atoms with Crippen molar-refractivity contribution in [3.05, 3.63) is 129 Å². The number of nitrogens with one attached hydrogen (secondary N) is 1. The summed E-state index contributed by atoms with van der Waals surface area (Å²) in [6.07, 6.45) is 1.43. The maximum absolute atomic E-state index is 13.1. The molecule has 0 unspecified atom stereocenters.